The standard InChI is InChI=1S/C14H21NO/c1-3-12-9-10-13(16-12)14(15-2)11-7-5-4-6-8-11/h7,9-10,14-15H,3-6,8H2,1-2H3. The Kier molecular flexibility index (Phi) is 3.83. The van der Waals surface area contributed by atoms with Crippen molar-refractivity contribution in [2.24, 2.45) is 0 Å². The molecule has 1 heterocycles. The molecule has 2 rings (SSSR count). The van der Waals surface area contributed by atoms with Crippen LogP contribution in [0.5, 0.6) is 0 Å². The molecule has 1 aromatic rings. The van der Waals surface area contributed by atoms with Crippen LogP contribution in [-0.2, 0) is 6.42 Å². The van der Waals surface area contributed by atoms with Gasteiger partial charge in [0.2, 0.25) is 0 Å². The van der Waals surface area contributed by atoms with E-state index in [2.05, 4.69) is 30.4 Å². The summed E-state index contributed by atoms with van der Waals surface area (Å²) in [6.07, 6.45) is 8.40. The summed E-state index contributed by atoms with van der Waals surface area (Å²) in [6, 6.07) is 4.47. The summed E-state index contributed by atoms with van der Waals surface area (Å²) < 4.78 is 5.84. The molecule has 1 N–H and O–H groups in total. The van der Waals surface area contributed by atoms with E-state index >= 15 is 0 Å². The number of aryl methyl sites for hydroxylation is 1. The third-order valence-corrected chi connectivity index (χ3v) is 3.30. The van der Waals surface area contributed by atoms with E-state index < -0.39 is 0 Å². The molecule has 1 unspecified atom stereocenters. The molecule has 0 bridgehead atoms. The summed E-state index contributed by atoms with van der Waals surface area (Å²) in [5.74, 6) is 2.14. The lowest BCUT2D eigenvalue weighted by Crippen LogP contribution is -2.19. The third kappa shape index (κ3) is 2.38. The molecule has 0 saturated carbocycles. The second-order valence-electron chi connectivity index (χ2n) is 4.40. The fraction of sp³-hybridized carbons (Fsp3) is 0.571. The first kappa shape index (κ1) is 11.5. The van der Waals surface area contributed by atoms with Gasteiger partial charge >= 0.3 is 0 Å². The van der Waals surface area contributed by atoms with E-state index in [-0.39, 0.29) is 6.04 Å². The van der Waals surface area contributed by atoms with Crippen LogP contribution in [0.4, 0.5) is 0 Å². The highest BCUT2D eigenvalue weighted by molar-refractivity contribution is 5.23. The molecule has 0 radical (unpaired) electrons. The van der Waals surface area contributed by atoms with Gasteiger partial charge in [-0.3, -0.25) is 0 Å². The van der Waals surface area contributed by atoms with Gasteiger partial charge in [0.15, 0.2) is 0 Å². The molecule has 0 aromatic carbocycles. The van der Waals surface area contributed by atoms with Crippen molar-refractivity contribution in [3.8, 4) is 0 Å². The van der Waals surface area contributed by atoms with E-state index in [1.165, 1.54) is 31.3 Å². The molecular weight excluding hydrogens is 198 g/mol. The maximum Gasteiger partial charge on any atom is 0.125 e. The molecule has 16 heavy (non-hydrogen) atoms. The Morgan fingerprint density at radius 2 is 2.25 bits per heavy atom. The molecule has 2 nitrogen and oxygen atoms in total. The number of rotatable bonds is 4. The van der Waals surface area contributed by atoms with Crippen molar-refractivity contribution in [3.05, 3.63) is 35.3 Å². The predicted octanol–water partition coefficient (Wildman–Crippen LogP) is 3.60. The highest BCUT2D eigenvalue weighted by atomic mass is 16.3. The zero-order chi connectivity index (χ0) is 11.4. The number of hydrogen-bond donors (Lipinski definition) is 1. The van der Waals surface area contributed by atoms with E-state index in [0.29, 0.717) is 0 Å². The van der Waals surface area contributed by atoms with E-state index in [9.17, 15) is 0 Å². The monoisotopic (exact) mass is 219 g/mol. The molecule has 1 aliphatic carbocycles. The summed E-state index contributed by atoms with van der Waals surface area (Å²) in [4.78, 5) is 0. The van der Waals surface area contributed by atoms with Gasteiger partial charge in [-0.1, -0.05) is 13.0 Å². The maximum atomic E-state index is 5.84. The lowest BCUT2D eigenvalue weighted by molar-refractivity contribution is 0.422. The third-order valence-electron chi connectivity index (χ3n) is 3.30. The Morgan fingerprint density at radius 3 is 2.81 bits per heavy atom. The largest absolute Gasteiger partial charge is 0.464 e. The average Bonchev–Trinajstić information content (AvgIpc) is 2.80. The number of allylic oxidation sites excluding steroid dienone is 1. The SMILES string of the molecule is CCc1ccc(C(NC)C2=CCCCC2)o1. The Bertz CT molecular complexity index is 365. The smallest absolute Gasteiger partial charge is 0.125 e. The molecule has 1 atom stereocenters. The van der Waals surface area contributed by atoms with Crippen LogP contribution in [0.3, 0.4) is 0 Å². The maximum absolute atomic E-state index is 5.84. The lowest BCUT2D eigenvalue weighted by atomic mass is 9.93. The molecule has 0 spiro atoms. The molecule has 0 aliphatic heterocycles. The minimum absolute atomic E-state index is 0.278. The van der Waals surface area contributed by atoms with Crippen molar-refractivity contribution in [2.75, 3.05) is 7.05 Å². The van der Waals surface area contributed by atoms with Gasteiger partial charge in [0.25, 0.3) is 0 Å². The van der Waals surface area contributed by atoms with Gasteiger partial charge in [-0.15, -0.1) is 0 Å². The molecule has 0 saturated heterocycles. The van der Waals surface area contributed by atoms with Crippen molar-refractivity contribution in [1.82, 2.24) is 5.32 Å². The van der Waals surface area contributed by atoms with Crippen molar-refractivity contribution in [1.29, 1.82) is 0 Å². The van der Waals surface area contributed by atoms with E-state index in [0.717, 1.165) is 17.9 Å². The number of nitrogens with one attached hydrogen (secondary N) is 1. The van der Waals surface area contributed by atoms with Crippen LogP contribution in [0.2, 0.25) is 0 Å². The van der Waals surface area contributed by atoms with Gasteiger partial charge in [-0.05, 0) is 50.4 Å². The Balaban J connectivity index is 2.17. The van der Waals surface area contributed by atoms with Crippen LogP contribution < -0.4 is 5.32 Å². The van der Waals surface area contributed by atoms with Crippen LogP contribution >= 0.6 is 0 Å². The Hall–Kier alpha value is -1.02. The summed E-state index contributed by atoms with van der Waals surface area (Å²) in [5, 5.41) is 3.36. The van der Waals surface area contributed by atoms with Gasteiger partial charge < -0.3 is 9.73 Å². The second-order valence-corrected chi connectivity index (χ2v) is 4.40. The predicted molar refractivity (Wildman–Crippen MR) is 66.4 cm³/mol. The average molecular weight is 219 g/mol. The van der Waals surface area contributed by atoms with Crippen molar-refractivity contribution >= 4 is 0 Å². The number of furan rings is 1. The summed E-state index contributed by atoms with van der Waals surface area (Å²) in [6.45, 7) is 2.12. The van der Waals surface area contributed by atoms with Crippen molar-refractivity contribution in [3.63, 3.8) is 0 Å². The highest BCUT2D eigenvalue weighted by Gasteiger charge is 2.19. The molecule has 1 aromatic heterocycles. The zero-order valence-corrected chi connectivity index (χ0v) is 10.3. The first-order valence-corrected chi connectivity index (χ1v) is 6.30. The van der Waals surface area contributed by atoms with Crippen molar-refractivity contribution < 1.29 is 4.42 Å². The van der Waals surface area contributed by atoms with Gasteiger partial charge in [-0.25, -0.2) is 0 Å². The van der Waals surface area contributed by atoms with Crippen LogP contribution in [0.1, 0.15) is 50.2 Å². The molecule has 2 heteroatoms. The Morgan fingerprint density at radius 1 is 1.38 bits per heavy atom. The zero-order valence-electron chi connectivity index (χ0n) is 10.3. The summed E-state index contributed by atoms with van der Waals surface area (Å²) in [7, 11) is 2.01. The Labute approximate surface area is 97.7 Å². The van der Waals surface area contributed by atoms with Crippen molar-refractivity contribution in [2.45, 2.75) is 45.1 Å². The summed E-state index contributed by atoms with van der Waals surface area (Å²) >= 11 is 0. The van der Waals surface area contributed by atoms with Crippen LogP contribution in [0.25, 0.3) is 0 Å². The minimum atomic E-state index is 0.278. The molecule has 88 valence electrons. The van der Waals surface area contributed by atoms with Crippen LogP contribution in [0, 0.1) is 0 Å². The topological polar surface area (TPSA) is 25.2 Å². The lowest BCUT2D eigenvalue weighted by Gasteiger charge is -2.21. The molecule has 0 fully saturated rings. The fourth-order valence-electron chi connectivity index (χ4n) is 2.38. The quantitative estimate of drug-likeness (QED) is 0.783. The van der Waals surface area contributed by atoms with E-state index in [1.807, 2.05) is 7.05 Å². The normalized spacial score (nSPS) is 18.2. The van der Waals surface area contributed by atoms with E-state index in [1.54, 1.807) is 0 Å². The summed E-state index contributed by atoms with van der Waals surface area (Å²) in [5.41, 5.74) is 1.49. The highest BCUT2D eigenvalue weighted by Crippen LogP contribution is 2.30. The van der Waals surface area contributed by atoms with Crippen LogP contribution in [0.15, 0.2) is 28.2 Å². The van der Waals surface area contributed by atoms with Gasteiger partial charge in [0.05, 0.1) is 6.04 Å². The first-order valence-electron chi connectivity index (χ1n) is 6.30. The van der Waals surface area contributed by atoms with Gasteiger partial charge in [0.1, 0.15) is 11.5 Å². The second kappa shape index (κ2) is 5.35. The van der Waals surface area contributed by atoms with Gasteiger partial charge in [0, 0.05) is 6.42 Å². The van der Waals surface area contributed by atoms with Crippen LogP contribution in [-0.4, -0.2) is 7.05 Å². The first-order chi connectivity index (χ1) is 7.85. The molecule has 0 amide bonds. The number of hydrogen-bond acceptors (Lipinski definition) is 2. The molecule has 1 aliphatic rings. The minimum Gasteiger partial charge on any atom is -0.464 e. The fourth-order valence-corrected chi connectivity index (χ4v) is 2.38. The van der Waals surface area contributed by atoms with Gasteiger partial charge in [-0.2, -0.15) is 0 Å². The van der Waals surface area contributed by atoms with E-state index in [4.69, 9.17) is 4.42 Å². The molecular formula is C14H21NO. The number of likely N-dealkylation sites (N-methyl/N-ethyl adjacent to an activating group) is 1.